The Balaban J connectivity index is 2.30. The van der Waals surface area contributed by atoms with Gasteiger partial charge in [-0.25, -0.2) is 4.98 Å². The van der Waals surface area contributed by atoms with E-state index in [1.165, 1.54) is 0 Å². The molecular formula is C18H32BrNO2Si. The molecule has 0 N–H and O–H groups in total. The van der Waals surface area contributed by atoms with Gasteiger partial charge in [-0.05, 0) is 79.3 Å². The van der Waals surface area contributed by atoms with Crippen molar-refractivity contribution in [1.29, 1.82) is 0 Å². The molecule has 0 aromatic carbocycles. The minimum absolute atomic E-state index is 0.161. The topological polar surface area (TPSA) is 31.4 Å². The van der Waals surface area contributed by atoms with Crippen LogP contribution in [0.4, 0.5) is 0 Å². The highest BCUT2D eigenvalue weighted by Crippen LogP contribution is 2.36. The van der Waals surface area contributed by atoms with Gasteiger partial charge in [-0.1, -0.05) is 20.8 Å². The lowest BCUT2D eigenvalue weighted by Crippen LogP contribution is -2.40. The molecule has 0 saturated heterocycles. The first-order valence-electron chi connectivity index (χ1n) is 8.47. The summed E-state index contributed by atoms with van der Waals surface area (Å²) < 4.78 is 13.1. The molecule has 1 aromatic rings. The fourth-order valence-electron chi connectivity index (χ4n) is 1.93. The van der Waals surface area contributed by atoms with Crippen LogP contribution in [-0.2, 0) is 4.43 Å². The van der Waals surface area contributed by atoms with Crippen LogP contribution in [0.15, 0.2) is 16.6 Å². The lowest BCUT2D eigenvalue weighted by Gasteiger charge is -2.36. The molecule has 1 atom stereocenters. The van der Waals surface area contributed by atoms with Crippen molar-refractivity contribution in [1.82, 2.24) is 4.98 Å². The zero-order chi connectivity index (χ0) is 17.7. The summed E-state index contributed by atoms with van der Waals surface area (Å²) in [6.07, 6.45) is 3.37. The van der Waals surface area contributed by atoms with Gasteiger partial charge in [0, 0.05) is 12.3 Å². The maximum Gasteiger partial charge on any atom is 0.228 e. The third-order valence-corrected chi connectivity index (χ3v) is 9.68. The number of pyridine rings is 1. The van der Waals surface area contributed by atoms with E-state index >= 15 is 0 Å². The average Bonchev–Trinajstić information content (AvgIpc) is 2.41. The van der Waals surface area contributed by atoms with E-state index in [4.69, 9.17) is 9.16 Å². The quantitative estimate of drug-likeness (QED) is 0.388. The molecular weight excluding hydrogens is 370 g/mol. The van der Waals surface area contributed by atoms with Gasteiger partial charge >= 0.3 is 0 Å². The summed E-state index contributed by atoms with van der Waals surface area (Å²) in [5, 5.41) is 0.284. The van der Waals surface area contributed by atoms with Gasteiger partial charge in [0.2, 0.25) is 5.88 Å². The standard InChI is InChI=1S/C18H32BrNO2Si/c1-14-11-12-16(19)17(20-14)22-15(2)10-8-9-13-21-23(6,7)18(3,4)5/h11-12,15H,8-10,13H2,1-7H3/t15-/m1/s1. The molecule has 0 fully saturated rings. The van der Waals surface area contributed by atoms with E-state index in [1.54, 1.807) is 0 Å². The fraction of sp³-hybridized carbons (Fsp3) is 0.722. The summed E-state index contributed by atoms with van der Waals surface area (Å²) in [6.45, 7) is 16.4. The molecule has 0 amide bonds. The van der Waals surface area contributed by atoms with E-state index in [2.05, 4.69) is 61.7 Å². The molecule has 1 rings (SSSR count). The largest absolute Gasteiger partial charge is 0.474 e. The Morgan fingerprint density at radius 1 is 1.22 bits per heavy atom. The molecule has 0 unspecified atom stereocenters. The minimum Gasteiger partial charge on any atom is -0.474 e. The second-order valence-electron chi connectivity index (χ2n) is 7.77. The van der Waals surface area contributed by atoms with Crippen LogP contribution in [0.3, 0.4) is 0 Å². The summed E-state index contributed by atoms with van der Waals surface area (Å²) in [4.78, 5) is 4.43. The highest BCUT2D eigenvalue weighted by Gasteiger charge is 2.36. The molecule has 1 aromatic heterocycles. The second-order valence-corrected chi connectivity index (χ2v) is 13.4. The smallest absolute Gasteiger partial charge is 0.228 e. The summed E-state index contributed by atoms with van der Waals surface area (Å²) in [6, 6.07) is 3.96. The van der Waals surface area contributed by atoms with Crippen LogP contribution in [0.1, 0.15) is 52.7 Å². The Labute approximate surface area is 151 Å². The fourth-order valence-corrected chi connectivity index (χ4v) is 3.33. The van der Waals surface area contributed by atoms with Crippen molar-refractivity contribution < 1.29 is 9.16 Å². The van der Waals surface area contributed by atoms with Crippen LogP contribution in [0, 0.1) is 6.92 Å². The Morgan fingerprint density at radius 3 is 2.48 bits per heavy atom. The predicted molar refractivity (Wildman–Crippen MR) is 104 cm³/mol. The average molecular weight is 402 g/mol. The molecule has 0 spiro atoms. The van der Waals surface area contributed by atoms with E-state index in [9.17, 15) is 0 Å². The van der Waals surface area contributed by atoms with E-state index in [1.807, 2.05) is 19.1 Å². The normalized spacial score (nSPS) is 13.9. The van der Waals surface area contributed by atoms with Crippen molar-refractivity contribution in [3.05, 3.63) is 22.3 Å². The molecule has 5 heteroatoms. The van der Waals surface area contributed by atoms with Gasteiger partial charge in [0.25, 0.3) is 0 Å². The number of rotatable bonds is 8. The minimum atomic E-state index is -1.60. The molecule has 23 heavy (non-hydrogen) atoms. The first kappa shape index (κ1) is 20.7. The Kier molecular flexibility index (Phi) is 7.75. The highest BCUT2D eigenvalue weighted by molar-refractivity contribution is 9.10. The van der Waals surface area contributed by atoms with Crippen molar-refractivity contribution in [2.45, 2.75) is 78.1 Å². The molecule has 0 radical (unpaired) electrons. The molecule has 0 aliphatic rings. The van der Waals surface area contributed by atoms with Gasteiger partial charge in [-0.2, -0.15) is 0 Å². The SMILES string of the molecule is Cc1ccc(Br)c(O[C@H](C)CCCCO[Si](C)(C)C(C)(C)C)n1. The molecule has 1 heterocycles. The van der Waals surface area contributed by atoms with Crippen LogP contribution in [0.25, 0.3) is 0 Å². The van der Waals surface area contributed by atoms with Crippen molar-refractivity contribution in [3.63, 3.8) is 0 Å². The van der Waals surface area contributed by atoms with Crippen molar-refractivity contribution >= 4 is 24.2 Å². The van der Waals surface area contributed by atoms with Crippen LogP contribution in [-0.4, -0.2) is 26.0 Å². The van der Waals surface area contributed by atoms with Gasteiger partial charge in [0.05, 0.1) is 10.6 Å². The number of aromatic nitrogens is 1. The molecule has 132 valence electrons. The Morgan fingerprint density at radius 2 is 1.87 bits per heavy atom. The van der Waals surface area contributed by atoms with Gasteiger partial charge in [-0.3, -0.25) is 0 Å². The third kappa shape index (κ3) is 6.94. The van der Waals surface area contributed by atoms with Crippen LogP contribution >= 0.6 is 15.9 Å². The predicted octanol–water partition coefficient (Wildman–Crippen LogP) is 6.11. The monoisotopic (exact) mass is 401 g/mol. The van der Waals surface area contributed by atoms with E-state index in [0.29, 0.717) is 5.88 Å². The molecule has 0 aliphatic heterocycles. The van der Waals surface area contributed by atoms with Gasteiger partial charge < -0.3 is 9.16 Å². The molecule has 0 saturated carbocycles. The maximum atomic E-state index is 6.21. The zero-order valence-corrected chi connectivity index (χ0v) is 18.3. The van der Waals surface area contributed by atoms with Crippen molar-refractivity contribution in [2.24, 2.45) is 0 Å². The van der Waals surface area contributed by atoms with Crippen molar-refractivity contribution in [3.8, 4) is 5.88 Å². The molecule has 3 nitrogen and oxygen atoms in total. The number of ether oxygens (including phenoxy) is 1. The van der Waals surface area contributed by atoms with Crippen LogP contribution in [0.5, 0.6) is 5.88 Å². The number of nitrogens with zero attached hydrogens (tertiary/aromatic N) is 1. The van der Waals surface area contributed by atoms with Crippen molar-refractivity contribution in [2.75, 3.05) is 6.61 Å². The highest BCUT2D eigenvalue weighted by atomic mass is 79.9. The Hall–Kier alpha value is -0.393. The number of hydrogen-bond donors (Lipinski definition) is 0. The van der Waals surface area contributed by atoms with Gasteiger partial charge in [0.1, 0.15) is 0 Å². The number of unbranched alkanes of at least 4 members (excludes halogenated alkanes) is 1. The number of hydrogen-bond acceptors (Lipinski definition) is 3. The Bertz CT molecular complexity index is 500. The van der Waals surface area contributed by atoms with Gasteiger partial charge in [-0.15, -0.1) is 0 Å². The number of halogens is 1. The van der Waals surface area contributed by atoms with Crippen LogP contribution in [0.2, 0.25) is 18.1 Å². The first-order valence-corrected chi connectivity index (χ1v) is 12.2. The maximum absolute atomic E-state index is 6.21. The van der Waals surface area contributed by atoms with E-state index in [-0.39, 0.29) is 11.1 Å². The van der Waals surface area contributed by atoms with E-state index < -0.39 is 8.32 Å². The summed E-state index contributed by atoms with van der Waals surface area (Å²) in [7, 11) is -1.60. The van der Waals surface area contributed by atoms with Gasteiger partial charge in [0.15, 0.2) is 8.32 Å². The summed E-state index contributed by atoms with van der Waals surface area (Å²) in [5.74, 6) is 0.690. The molecule has 0 bridgehead atoms. The van der Waals surface area contributed by atoms with E-state index in [0.717, 1.165) is 36.0 Å². The lowest BCUT2D eigenvalue weighted by atomic mass is 10.2. The zero-order valence-electron chi connectivity index (χ0n) is 15.7. The third-order valence-electron chi connectivity index (χ3n) is 4.54. The number of aryl methyl sites for hydroxylation is 1. The summed E-state index contributed by atoms with van der Waals surface area (Å²) in [5.41, 5.74) is 0.971. The van der Waals surface area contributed by atoms with Crippen LogP contribution < -0.4 is 4.74 Å². The first-order chi connectivity index (χ1) is 10.5. The molecule has 0 aliphatic carbocycles. The lowest BCUT2D eigenvalue weighted by molar-refractivity contribution is 0.191. The second kappa shape index (κ2) is 8.63. The summed E-state index contributed by atoms with van der Waals surface area (Å²) >= 11 is 3.49.